The first-order valence-electron chi connectivity index (χ1n) is 6.82. The van der Waals surface area contributed by atoms with E-state index in [1.165, 1.54) is 5.56 Å². The third-order valence-electron chi connectivity index (χ3n) is 4.13. The van der Waals surface area contributed by atoms with Crippen LogP contribution >= 0.6 is 0 Å². The van der Waals surface area contributed by atoms with Gasteiger partial charge in [-0.05, 0) is 43.2 Å². The number of benzene rings is 1. The van der Waals surface area contributed by atoms with Gasteiger partial charge in [-0.15, -0.1) is 0 Å². The molecule has 19 heavy (non-hydrogen) atoms. The molecule has 0 aromatic heterocycles. The molecular formula is C16H21NO2. The summed E-state index contributed by atoms with van der Waals surface area (Å²) in [5.74, 6) is 1.28. The Labute approximate surface area is 114 Å². The fourth-order valence-corrected chi connectivity index (χ4v) is 2.97. The molecule has 0 bridgehead atoms. The molecule has 3 nitrogen and oxygen atoms in total. The molecule has 1 aliphatic carbocycles. The normalized spacial score (nSPS) is 16.7. The van der Waals surface area contributed by atoms with Gasteiger partial charge in [0.25, 0.3) is 0 Å². The molecule has 0 heterocycles. The van der Waals surface area contributed by atoms with Gasteiger partial charge >= 0.3 is 0 Å². The summed E-state index contributed by atoms with van der Waals surface area (Å²) in [6.45, 7) is 6.35. The highest BCUT2D eigenvalue weighted by Gasteiger charge is 2.42. The van der Waals surface area contributed by atoms with Crippen LogP contribution in [0.5, 0.6) is 5.75 Å². The van der Waals surface area contributed by atoms with E-state index in [-0.39, 0.29) is 0 Å². The van der Waals surface area contributed by atoms with E-state index in [0.29, 0.717) is 5.92 Å². The third kappa shape index (κ3) is 2.19. The number of nitrogens with zero attached hydrogens (tertiary/aromatic N) is 1. The predicted octanol–water partition coefficient (Wildman–Crippen LogP) is 3.84. The smallest absolute Gasteiger partial charge is 0.235 e. The molecule has 0 unspecified atom stereocenters. The number of isocyanates is 1. The minimum atomic E-state index is -0.401. The van der Waals surface area contributed by atoms with Crippen molar-refractivity contribution in [1.82, 2.24) is 0 Å². The van der Waals surface area contributed by atoms with Crippen molar-refractivity contribution in [3.8, 4) is 5.75 Å². The Morgan fingerprint density at radius 1 is 1.37 bits per heavy atom. The van der Waals surface area contributed by atoms with Crippen molar-refractivity contribution in [2.75, 3.05) is 7.11 Å². The average Bonchev–Trinajstić information content (AvgIpc) is 2.33. The zero-order chi connectivity index (χ0) is 14.0. The van der Waals surface area contributed by atoms with Crippen molar-refractivity contribution in [3.05, 3.63) is 28.8 Å². The lowest BCUT2D eigenvalue weighted by Crippen LogP contribution is -2.33. The zero-order valence-corrected chi connectivity index (χ0v) is 12.1. The second-order valence-corrected chi connectivity index (χ2v) is 5.62. The Morgan fingerprint density at radius 2 is 2.05 bits per heavy atom. The van der Waals surface area contributed by atoms with Crippen molar-refractivity contribution < 1.29 is 9.53 Å². The first kappa shape index (κ1) is 13.8. The van der Waals surface area contributed by atoms with E-state index in [0.717, 1.165) is 36.1 Å². The van der Waals surface area contributed by atoms with Crippen LogP contribution in [0.15, 0.2) is 17.1 Å². The number of methoxy groups -OCH3 is 1. The van der Waals surface area contributed by atoms with E-state index < -0.39 is 5.54 Å². The van der Waals surface area contributed by atoms with E-state index in [2.05, 4.69) is 37.9 Å². The van der Waals surface area contributed by atoms with Crippen LogP contribution in [0.25, 0.3) is 0 Å². The van der Waals surface area contributed by atoms with Gasteiger partial charge in [0.05, 0.1) is 7.11 Å². The zero-order valence-electron chi connectivity index (χ0n) is 12.1. The van der Waals surface area contributed by atoms with Crippen LogP contribution in [0.1, 0.15) is 55.7 Å². The molecular weight excluding hydrogens is 238 g/mol. The highest BCUT2D eigenvalue weighted by molar-refractivity contribution is 5.53. The standard InChI is InChI=1S/C16H21NO2/c1-11(2)13-7-6-12(3)14(15(13)19-4)16(17-10-18)8-5-9-16/h6-7,11H,5,8-9H2,1-4H3. The van der Waals surface area contributed by atoms with Crippen LogP contribution in [-0.2, 0) is 10.3 Å². The minimum Gasteiger partial charge on any atom is -0.496 e. The van der Waals surface area contributed by atoms with Crippen molar-refractivity contribution in [2.45, 2.75) is 51.5 Å². The fourth-order valence-electron chi connectivity index (χ4n) is 2.97. The van der Waals surface area contributed by atoms with Crippen LogP contribution in [0.4, 0.5) is 0 Å². The Balaban J connectivity index is 2.67. The molecule has 0 saturated heterocycles. The number of aliphatic imine (C=N–C) groups is 1. The van der Waals surface area contributed by atoms with Gasteiger partial charge in [-0.3, -0.25) is 0 Å². The topological polar surface area (TPSA) is 38.7 Å². The second kappa shape index (κ2) is 5.18. The lowest BCUT2D eigenvalue weighted by molar-refractivity contribution is 0.244. The van der Waals surface area contributed by atoms with E-state index in [1.807, 2.05) is 0 Å². The van der Waals surface area contributed by atoms with E-state index >= 15 is 0 Å². The monoisotopic (exact) mass is 259 g/mol. The Bertz CT molecular complexity index is 524. The van der Waals surface area contributed by atoms with Gasteiger partial charge in [0.1, 0.15) is 11.3 Å². The molecule has 1 aromatic rings. The second-order valence-electron chi connectivity index (χ2n) is 5.62. The van der Waals surface area contributed by atoms with Crippen molar-refractivity contribution in [3.63, 3.8) is 0 Å². The molecule has 1 aromatic carbocycles. The van der Waals surface area contributed by atoms with Gasteiger partial charge in [-0.1, -0.05) is 26.0 Å². The lowest BCUT2D eigenvalue weighted by Gasteiger charge is -2.39. The number of hydrogen-bond acceptors (Lipinski definition) is 3. The van der Waals surface area contributed by atoms with Crippen molar-refractivity contribution >= 4 is 6.08 Å². The number of aryl methyl sites for hydroxylation is 1. The van der Waals surface area contributed by atoms with Crippen LogP contribution in [-0.4, -0.2) is 13.2 Å². The average molecular weight is 259 g/mol. The summed E-state index contributed by atoms with van der Waals surface area (Å²) in [6, 6.07) is 4.22. The molecule has 1 saturated carbocycles. The molecule has 3 heteroatoms. The molecule has 2 rings (SSSR count). The Morgan fingerprint density at radius 3 is 2.47 bits per heavy atom. The molecule has 0 spiro atoms. The van der Waals surface area contributed by atoms with Crippen molar-refractivity contribution in [2.24, 2.45) is 4.99 Å². The van der Waals surface area contributed by atoms with Gasteiger partial charge in [0.15, 0.2) is 0 Å². The predicted molar refractivity (Wildman–Crippen MR) is 75.5 cm³/mol. The molecule has 102 valence electrons. The summed E-state index contributed by atoms with van der Waals surface area (Å²) in [5, 5.41) is 0. The van der Waals surface area contributed by atoms with E-state index in [9.17, 15) is 4.79 Å². The van der Waals surface area contributed by atoms with Gasteiger partial charge < -0.3 is 4.74 Å². The summed E-state index contributed by atoms with van der Waals surface area (Å²) in [4.78, 5) is 14.9. The summed E-state index contributed by atoms with van der Waals surface area (Å²) >= 11 is 0. The largest absolute Gasteiger partial charge is 0.496 e. The number of hydrogen-bond donors (Lipinski definition) is 0. The maximum Gasteiger partial charge on any atom is 0.235 e. The van der Waals surface area contributed by atoms with Crippen LogP contribution in [0, 0.1) is 6.92 Å². The Hall–Kier alpha value is -1.60. The van der Waals surface area contributed by atoms with E-state index in [4.69, 9.17) is 4.74 Å². The maximum absolute atomic E-state index is 10.8. The van der Waals surface area contributed by atoms with Crippen LogP contribution in [0.3, 0.4) is 0 Å². The fraction of sp³-hybridized carbons (Fsp3) is 0.562. The summed E-state index contributed by atoms with van der Waals surface area (Å²) in [7, 11) is 1.70. The highest BCUT2D eigenvalue weighted by atomic mass is 16.5. The van der Waals surface area contributed by atoms with Crippen LogP contribution in [0.2, 0.25) is 0 Å². The minimum absolute atomic E-state index is 0.381. The molecule has 1 fully saturated rings. The number of ether oxygens (including phenoxy) is 1. The SMILES string of the molecule is COc1c(C(C)C)ccc(C)c1C1(N=C=O)CCC1. The van der Waals surface area contributed by atoms with Crippen molar-refractivity contribution in [1.29, 1.82) is 0 Å². The highest BCUT2D eigenvalue weighted by Crippen LogP contribution is 2.50. The third-order valence-corrected chi connectivity index (χ3v) is 4.13. The quantitative estimate of drug-likeness (QED) is 0.608. The molecule has 0 radical (unpaired) electrons. The van der Waals surface area contributed by atoms with Gasteiger partial charge in [0.2, 0.25) is 6.08 Å². The maximum atomic E-state index is 10.8. The Kier molecular flexibility index (Phi) is 3.77. The molecule has 0 aliphatic heterocycles. The summed E-state index contributed by atoms with van der Waals surface area (Å²) in [6.07, 6.45) is 4.66. The lowest BCUT2D eigenvalue weighted by atomic mass is 9.70. The molecule has 0 N–H and O–H groups in total. The van der Waals surface area contributed by atoms with Crippen LogP contribution < -0.4 is 4.74 Å². The molecule has 1 aliphatic rings. The van der Waals surface area contributed by atoms with Gasteiger partial charge in [-0.2, -0.15) is 4.99 Å². The number of rotatable bonds is 4. The molecule has 0 atom stereocenters. The first-order chi connectivity index (χ1) is 9.05. The van der Waals surface area contributed by atoms with Gasteiger partial charge in [0, 0.05) is 5.56 Å². The first-order valence-corrected chi connectivity index (χ1v) is 6.82. The van der Waals surface area contributed by atoms with Gasteiger partial charge in [-0.25, -0.2) is 4.79 Å². The van der Waals surface area contributed by atoms with E-state index in [1.54, 1.807) is 13.2 Å². The summed E-state index contributed by atoms with van der Waals surface area (Å²) < 4.78 is 5.66. The number of carbonyl (C=O) groups excluding carboxylic acids is 1. The molecule has 0 amide bonds. The summed E-state index contributed by atoms with van der Waals surface area (Å²) in [5.41, 5.74) is 2.99.